The molecule has 9 nitrogen and oxygen atoms in total. The molecular weight excluding hydrogens is 386 g/mol. The summed E-state index contributed by atoms with van der Waals surface area (Å²) in [6, 6.07) is 10.2. The largest absolute Gasteiger partial charge is 0.458 e. The van der Waals surface area contributed by atoms with Crippen molar-refractivity contribution in [3.05, 3.63) is 35.9 Å². The molecule has 2 aliphatic heterocycles. The van der Waals surface area contributed by atoms with Crippen LogP contribution in [0.4, 0.5) is 4.79 Å². The molecule has 9 heteroatoms. The van der Waals surface area contributed by atoms with Gasteiger partial charge in [0.05, 0.1) is 6.04 Å². The minimum absolute atomic E-state index is 0.00874. The van der Waals surface area contributed by atoms with Gasteiger partial charge in [0.25, 0.3) is 0 Å². The van der Waals surface area contributed by atoms with Crippen molar-refractivity contribution in [2.75, 3.05) is 19.7 Å². The lowest BCUT2D eigenvalue weighted by molar-refractivity contribution is -0.139. The molecule has 2 heterocycles. The Balaban J connectivity index is 1.65. The Morgan fingerprint density at radius 3 is 2.47 bits per heavy atom. The van der Waals surface area contributed by atoms with Crippen molar-refractivity contribution in [2.45, 2.75) is 52.2 Å². The molecule has 2 aliphatic rings. The summed E-state index contributed by atoms with van der Waals surface area (Å²) in [6.45, 7) is 8.35. The summed E-state index contributed by atoms with van der Waals surface area (Å²) in [5.74, 6) is 0.471. The van der Waals surface area contributed by atoms with Crippen molar-refractivity contribution >= 4 is 17.9 Å². The number of carbonyl (C=O) groups excluding carboxylic acids is 2. The fourth-order valence-corrected chi connectivity index (χ4v) is 3.68. The number of nitrogens with zero attached hydrogens (tertiary/aromatic N) is 3. The molecule has 0 radical (unpaired) electrons. The maximum absolute atomic E-state index is 12.4. The zero-order chi connectivity index (χ0) is 21.7. The number of piperidine rings is 1. The Hall–Kier alpha value is -2.81. The number of rotatable bonds is 5. The van der Waals surface area contributed by atoms with Crippen LogP contribution in [0.5, 0.6) is 0 Å². The van der Waals surface area contributed by atoms with E-state index in [0.717, 1.165) is 18.4 Å². The number of amides is 1. The average molecular weight is 418 g/mol. The third-order valence-electron chi connectivity index (χ3n) is 5.01. The van der Waals surface area contributed by atoms with Gasteiger partial charge in [0.1, 0.15) is 5.60 Å². The summed E-state index contributed by atoms with van der Waals surface area (Å²) in [5, 5.41) is 6.08. The Morgan fingerprint density at radius 2 is 1.87 bits per heavy atom. The second-order valence-corrected chi connectivity index (χ2v) is 8.58. The number of likely N-dealkylation sites (tertiary alicyclic amines) is 1. The van der Waals surface area contributed by atoms with E-state index in [1.165, 1.54) is 6.92 Å². The minimum atomic E-state index is -0.500. The molecule has 1 atom stereocenters. The number of carbonyl (C=O) groups is 2. The van der Waals surface area contributed by atoms with Gasteiger partial charge in [-0.05, 0) is 45.1 Å². The standard InChI is InChI=1S/C21H31N5O4/c1-15(27)29-14-18-22-24-26(23-18)19(16-8-6-5-7-9-16)17-10-12-25(13-11-17)20(28)30-21(2,3)4/h5-9,17,19,24H,10-14H2,1-4H3,(H,22,23). The fourth-order valence-electron chi connectivity index (χ4n) is 3.68. The predicted octanol–water partition coefficient (Wildman–Crippen LogP) is 2.58. The molecule has 1 unspecified atom stereocenters. The Bertz CT molecular complexity index is 769. The molecule has 0 saturated carbocycles. The molecule has 1 fully saturated rings. The monoisotopic (exact) mass is 417 g/mol. The van der Waals surface area contributed by atoms with E-state index in [1.54, 1.807) is 4.90 Å². The molecular formula is C21H31N5O4. The molecule has 0 aliphatic carbocycles. The van der Waals surface area contributed by atoms with Gasteiger partial charge in [-0.15, -0.1) is 10.2 Å². The molecule has 30 heavy (non-hydrogen) atoms. The van der Waals surface area contributed by atoms with Crippen molar-refractivity contribution < 1.29 is 19.1 Å². The van der Waals surface area contributed by atoms with Crippen LogP contribution in [0.2, 0.25) is 0 Å². The second-order valence-electron chi connectivity index (χ2n) is 8.58. The van der Waals surface area contributed by atoms with Crippen LogP contribution < -0.4 is 11.0 Å². The Morgan fingerprint density at radius 1 is 1.20 bits per heavy atom. The zero-order valence-corrected chi connectivity index (χ0v) is 18.1. The summed E-state index contributed by atoms with van der Waals surface area (Å²) >= 11 is 0. The smallest absolute Gasteiger partial charge is 0.410 e. The summed E-state index contributed by atoms with van der Waals surface area (Å²) in [6.07, 6.45) is 1.40. The van der Waals surface area contributed by atoms with Crippen molar-refractivity contribution in [1.82, 2.24) is 21.0 Å². The van der Waals surface area contributed by atoms with Crippen LogP contribution >= 0.6 is 0 Å². The van der Waals surface area contributed by atoms with E-state index < -0.39 is 5.60 Å². The topological polar surface area (TPSA) is 95.5 Å². The number of hydrazine groups is 2. The molecule has 2 N–H and O–H groups in total. The molecule has 1 amide bonds. The highest BCUT2D eigenvalue weighted by molar-refractivity contribution is 5.85. The van der Waals surface area contributed by atoms with Gasteiger partial charge in [-0.25, -0.2) is 10.3 Å². The van der Waals surface area contributed by atoms with Crippen LogP contribution in [0.25, 0.3) is 0 Å². The van der Waals surface area contributed by atoms with Gasteiger partial charge in [-0.2, -0.15) is 0 Å². The molecule has 1 aromatic rings. The average Bonchev–Trinajstić information content (AvgIpc) is 3.15. The number of hydrogen-bond donors (Lipinski definition) is 2. The van der Waals surface area contributed by atoms with Crippen molar-refractivity contribution in [3.63, 3.8) is 0 Å². The van der Waals surface area contributed by atoms with Gasteiger partial charge in [0.2, 0.25) is 0 Å². The highest BCUT2D eigenvalue weighted by Gasteiger charge is 2.36. The quantitative estimate of drug-likeness (QED) is 0.711. The van der Waals surface area contributed by atoms with Crippen LogP contribution in [0.3, 0.4) is 0 Å². The Labute approximate surface area is 177 Å². The van der Waals surface area contributed by atoms with Crippen molar-refractivity contribution in [3.8, 4) is 0 Å². The number of ether oxygens (including phenoxy) is 2. The zero-order valence-electron chi connectivity index (χ0n) is 18.1. The summed E-state index contributed by atoms with van der Waals surface area (Å²) in [7, 11) is 0. The first-order valence-electron chi connectivity index (χ1n) is 10.3. The molecule has 3 rings (SSSR count). The van der Waals surface area contributed by atoms with Crippen LogP contribution in [0, 0.1) is 5.92 Å². The molecule has 1 aromatic carbocycles. The first-order valence-corrected chi connectivity index (χ1v) is 10.3. The number of amidine groups is 1. The fraction of sp³-hybridized carbons (Fsp3) is 0.571. The maximum atomic E-state index is 12.4. The molecule has 1 saturated heterocycles. The third-order valence-corrected chi connectivity index (χ3v) is 5.01. The third kappa shape index (κ3) is 5.85. The lowest BCUT2D eigenvalue weighted by Crippen LogP contribution is -2.50. The summed E-state index contributed by atoms with van der Waals surface area (Å²) in [5.41, 5.74) is 6.84. The van der Waals surface area contributed by atoms with Crippen molar-refractivity contribution in [1.29, 1.82) is 0 Å². The van der Waals surface area contributed by atoms with Crippen LogP contribution in [0.1, 0.15) is 52.1 Å². The van der Waals surface area contributed by atoms with E-state index in [9.17, 15) is 9.59 Å². The summed E-state index contributed by atoms with van der Waals surface area (Å²) < 4.78 is 10.5. The SMILES string of the molecule is CC(=O)OCC1=NNN(C(c2ccccc2)C2CCN(C(=O)OC(C)(C)C)CC2)N1. The Kier molecular flexibility index (Phi) is 6.81. The first-order chi connectivity index (χ1) is 14.2. The van der Waals surface area contributed by atoms with E-state index >= 15 is 0 Å². The number of hydrogen-bond acceptors (Lipinski definition) is 8. The van der Waals surface area contributed by atoms with Crippen LogP contribution in [-0.4, -0.2) is 53.2 Å². The predicted molar refractivity (Wildman–Crippen MR) is 112 cm³/mol. The van der Waals surface area contributed by atoms with E-state index in [4.69, 9.17) is 9.47 Å². The number of nitrogens with one attached hydrogen (secondary N) is 2. The van der Waals surface area contributed by atoms with Gasteiger partial charge in [0.15, 0.2) is 12.4 Å². The van der Waals surface area contributed by atoms with Crippen molar-refractivity contribution in [2.24, 2.45) is 11.0 Å². The van der Waals surface area contributed by atoms with Gasteiger partial charge < -0.3 is 14.4 Å². The highest BCUT2D eigenvalue weighted by atomic mass is 16.6. The van der Waals surface area contributed by atoms with Crippen LogP contribution in [0.15, 0.2) is 35.4 Å². The normalized spacial score (nSPS) is 18.8. The van der Waals surface area contributed by atoms with E-state index in [2.05, 4.69) is 28.2 Å². The highest BCUT2D eigenvalue weighted by Crippen LogP contribution is 2.35. The van der Waals surface area contributed by atoms with Crippen LogP contribution in [-0.2, 0) is 14.3 Å². The van der Waals surface area contributed by atoms with Gasteiger partial charge in [-0.3, -0.25) is 10.2 Å². The van der Waals surface area contributed by atoms with E-state index in [0.29, 0.717) is 18.9 Å². The van der Waals surface area contributed by atoms with Gasteiger partial charge in [0, 0.05) is 20.0 Å². The lowest BCUT2D eigenvalue weighted by atomic mass is 9.85. The number of esters is 1. The molecule has 0 bridgehead atoms. The van der Waals surface area contributed by atoms with E-state index in [-0.39, 0.29) is 30.6 Å². The summed E-state index contributed by atoms with van der Waals surface area (Å²) in [4.78, 5) is 25.2. The van der Waals surface area contributed by atoms with Gasteiger partial charge >= 0.3 is 12.1 Å². The molecule has 0 aromatic heterocycles. The van der Waals surface area contributed by atoms with Gasteiger partial charge in [-0.1, -0.05) is 30.3 Å². The molecule has 164 valence electrons. The number of benzene rings is 1. The molecule has 0 spiro atoms. The first kappa shape index (κ1) is 21.9. The van der Waals surface area contributed by atoms with E-state index in [1.807, 2.05) is 44.1 Å². The second kappa shape index (κ2) is 9.34. The maximum Gasteiger partial charge on any atom is 0.410 e. The number of hydrazone groups is 1. The minimum Gasteiger partial charge on any atom is -0.458 e. The lowest BCUT2D eigenvalue weighted by Gasteiger charge is -2.39.